The molecule has 0 saturated heterocycles. The Labute approximate surface area is 189 Å². The first-order valence-electron chi connectivity index (χ1n) is 10.7. The molecular formula is C25H25N3O5. The second-order valence-corrected chi connectivity index (χ2v) is 8.33. The van der Waals surface area contributed by atoms with E-state index < -0.39 is 11.8 Å². The van der Waals surface area contributed by atoms with Crippen molar-refractivity contribution >= 4 is 10.9 Å². The summed E-state index contributed by atoms with van der Waals surface area (Å²) in [7, 11) is 4.63. The first-order valence-corrected chi connectivity index (χ1v) is 10.7. The van der Waals surface area contributed by atoms with Crippen LogP contribution in [-0.4, -0.2) is 32.5 Å². The monoisotopic (exact) mass is 447 g/mol. The molecule has 4 aromatic rings. The molecule has 5 rings (SSSR count). The molecule has 0 saturated carbocycles. The Morgan fingerprint density at radius 3 is 2.48 bits per heavy atom. The number of phenols is 1. The fraction of sp³-hybridized carbons (Fsp3) is 0.280. The summed E-state index contributed by atoms with van der Waals surface area (Å²) in [6.45, 7) is 2.89. The van der Waals surface area contributed by atoms with E-state index >= 15 is 0 Å². The standard InChI is InChI=1S/C25H25N3O5/c1-14-8-10-15(11-9-14)19-18-20(26(2)25(31)27(3)24(18)30)21-23(33-13-12-28(19)21)16-6-5-7-17(32-4)22(16)29/h5-11,23,29H,12-13H2,1-4H3/t23-/m0/s1. The minimum atomic E-state index is -0.687. The lowest BCUT2D eigenvalue weighted by Gasteiger charge is -2.28. The maximum Gasteiger partial charge on any atom is 0.331 e. The van der Waals surface area contributed by atoms with E-state index in [0.717, 1.165) is 21.4 Å². The number of aromatic hydroxyl groups is 1. The molecule has 1 atom stereocenters. The van der Waals surface area contributed by atoms with Gasteiger partial charge in [0.15, 0.2) is 11.5 Å². The Morgan fingerprint density at radius 2 is 1.79 bits per heavy atom. The molecule has 0 fully saturated rings. The van der Waals surface area contributed by atoms with Crippen molar-refractivity contribution in [2.75, 3.05) is 13.7 Å². The quantitative estimate of drug-likeness (QED) is 0.522. The molecule has 3 heterocycles. The Morgan fingerprint density at radius 1 is 1.06 bits per heavy atom. The highest BCUT2D eigenvalue weighted by molar-refractivity contribution is 5.96. The van der Waals surface area contributed by atoms with Crippen LogP contribution in [0.1, 0.15) is 22.9 Å². The average Bonchev–Trinajstić information content (AvgIpc) is 3.18. The van der Waals surface area contributed by atoms with Crippen molar-refractivity contribution in [1.29, 1.82) is 0 Å². The second-order valence-electron chi connectivity index (χ2n) is 8.33. The number of hydrogen-bond acceptors (Lipinski definition) is 5. The highest BCUT2D eigenvalue weighted by atomic mass is 16.5. The molecule has 0 spiro atoms. The van der Waals surface area contributed by atoms with Gasteiger partial charge in [-0.05, 0) is 18.6 Å². The number of aryl methyl sites for hydroxylation is 2. The van der Waals surface area contributed by atoms with Gasteiger partial charge in [-0.1, -0.05) is 42.0 Å². The van der Waals surface area contributed by atoms with Crippen LogP contribution < -0.4 is 16.0 Å². The Hall–Kier alpha value is -3.78. The van der Waals surface area contributed by atoms with Gasteiger partial charge in [0, 0.05) is 26.2 Å². The van der Waals surface area contributed by atoms with Gasteiger partial charge in [0.2, 0.25) is 0 Å². The molecule has 0 unspecified atom stereocenters. The number of phenolic OH excluding ortho intramolecular Hbond substituents is 1. The number of rotatable bonds is 3. The zero-order valence-electron chi connectivity index (χ0n) is 19.0. The van der Waals surface area contributed by atoms with Gasteiger partial charge in [0.1, 0.15) is 6.10 Å². The number of fused-ring (bicyclic) bond motifs is 3. The summed E-state index contributed by atoms with van der Waals surface area (Å²) in [6, 6.07) is 13.2. The van der Waals surface area contributed by atoms with Crippen molar-refractivity contribution in [2.24, 2.45) is 14.1 Å². The van der Waals surface area contributed by atoms with Crippen molar-refractivity contribution in [2.45, 2.75) is 19.6 Å². The fourth-order valence-electron chi connectivity index (χ4n) is 4.74. The predicted octanol–water partition coefficient (Wildman–Crippen LogP) is 2.85. The number of benzene rings is 2. The highest BCUT2D eigenvalue weighted by Gasteiger charge is 2.34. The number of para-hydroxylation sites is 1. The molecule has 8 heteroatoms. The van der Waals surface area contributed by atoms with Gasteiger partial charge in [-0.25, -0.2) is 4.79 Å². The van der Waals surface area contributed by atoms with E-state index in [1.54, 1.807) is 25.2 Å². The third-order valence-electron chi connectivity index (χ3n) is 6.41. The van der Waals surface area contributed by atoms with E-state index in [1.165, 1.54) is 18.7 Å². The lowest BCUT2D eigenvalue weighted by Crippen LogP contribution is -2.37. The first kappa shape index (κ1) is 21.1. The molecule has 0 bridgehead atoms. The molecule has 170 valence electrons. The molecular weight excluding hydrogens is 422 g/mol. The van der Waals surface area contributed by atoms with E-state index in [2.05, 4.69) is 0 Å². The zero-order chi connectivity index (χ0) is 23.4. The summed E-state index contributed by atoms with van der Waals surface area (Å²) in [5.74, 6) is 0.297. The van der Waals surface area contributed by atoms with Crippen molar-refractivity contribution in [1.82, 2.24) is 13.7 Å². The van der Waals surface area contributed by atoms with Crippen LogP contribution in [0.2, 0.25) is 0 Å². The molecule has 1 aliphatic rings. The molecule has 2 aromatic carbocycles. The van der Waals surface area contributed by atoms with Gasteiger partial charge in [0.25, 0.3) is 5.56 Å². The van der Waals surface area contributed by atoms with Gasteiger partial charge in [-0.2, -0.15) is 0 Å². The maximum atomic E-state index is 13.4. The topological polar surface area (TPSA) is 87.6 Å². The van der Waals surface area contributed by atoms with Crippen molar-refractivity contribution in [3.05, 3.63) is 80.1 Å². The SMILES string of the molecule is COc1cccc([C@@H]2OCCn3c(-c4ccc(C)cc4)c4c(=O)n(C)c(=O)n(C)c4c32)c1O. The summed E-state index contributed by atoms with van der Waals surface area (Å²) in [5.41, 5.74) is 3.62. The van der Waals surface area contributed by atoms with Crippen LogP contribution in [0, 0.1) is 6.92 Å². The van der Waals surface area contributed by atoms with Crippen LogP contribution in [0.3, 0.4) is 0 Å². The summed E-state index contributed by atoms with van der Waals surface area (Å²) < 4.78 is 16.1. The van der Waals surface area contributed by atoms with E-state index in [4.69, 9.17) is 9.47 Å². The summed E-state index contributed by atoms with van der Waals surface area (Å²) in [5, 5.41) is 11.3. The number of nitrogens with zero attached hydrogens (tertiary/aromatic N) is 3. The predicted molar refractivity (Wildman–Crippen MR) is 125 cm³/mol. The lowest BCUT2D eigenvalue weighted by atomic mass is 10.0. The summed E-state index contributed by atoms with van der Waals surface area (Å²) in [6.07, 6.45) is -0.687. The van der Waals surface area contributed by atoms with Crippen LogP contribution in [-0.2, 0) is 25.4 Å². The average molecular weight is 447 g/mol. The maximum absolute atomic E-state index is 13.4. The molecule has 33 heavy (non-hydrogen) atoms. The van der Waals surface area contributed by atoms with Crippen molar-refractivity contribution < 1.29 is 14.6 Å². The number of ether oxygens (including phenoxy) is 2. The van der Waals surface area contributed by atoms with E-state index in [-0.39, 0.29) is 11.3 Å². The molecule has 0 radical (unpaired) electrons. The normalized spacial score (nSPS) is 15.6. The molecule has 1 N–H and O–H groups in total. The number of aromatic nitrogens is 3. The van der Waals surface area contributed by atoms with Gasteiger partial charge in [-0.3, -0.25) is 13.9 Å². The van der Waals surface area contributed by atoms with E-state index in [1.807, 2.05) is 35.8 Å². The largest absolute Gasteiger partial charge is 0.504 e. The van der Waals surface area contributed by atoms with E-state index in [0.29, 0.717) is 41.1 Å². The fourth-order valence-corrected chi connectivity index (χ4v) is 4.74. The Kier molecular flexibility index (Phi) is 4.90. The van der Waals surface area contributed by atoms with Gasteiger partial charge >= 0.3 is 5.69 Å². The number of hydrogen-bond donors (Lipinski definition) is 1. The molecule has 1 aliphatic heterocycles. The van der Waals surface area contributed by atoms with Gasteiger partial charge in [-0.15, -0.1) is 0 Å². The summed E-state index contributed by atoms with van der Waals surface area (Å²) in [4.78, 5) is 26.3. The zero-order valence-corrected chi connectivity index (χ0v) is 19.0. The number of methoxy groups -OCH3 is 1. The lowest BCUT2D eigenvalue weighted by molar-refractivity contribution is 0.0462. The van der Waals surface area contributed by atoms with Crippen molar-refractivity contribution in [3.8, 4) is 22.8 Å². The van der Waals surface area contributed by atoms with Gasteiger partial charge < -0.3 is 19.1 Å². The van der Waals surface area contributed by atoms with Crippen LogP contribution in [0.25, 0.3) is 22.2 Å². The molecule has 0 aliphatic carbocycles. The van der Waals surface area contributed by atoms with E-state index in [9.17, 15) is 14.7 Å². The van der Waals surface area contributed by atoms with Crippen LogP contribution >= 0.6 is 0 Å². The van der Waals surface area contributed by atoms with Gasteiger partial charge in [0.05, 0.1) is 36.0 Å². The molecule has 0 amide bonds. The minimum absolute atomic E-state index is 0.0291. The Balaban J connectivity index is 1.93. The molecule has 8 nitrogen and oxygen atoms in total. The molecule has 2 aromatic heterocycles. The van der Waals surface area contributed by atoms with Crippen LogP contribution in [0.5, 0.6) is 11.5 Å². The Bertz CT molecular complexity index is 1510. The smallest absolute Gasteiger partial charge is 0.331 e. The third-order valence-corrected chi connectivity index (χ3v) is 6.41. The van der Waals surface area contributed by atoms with Crippen LogP contribution in [0.15, 0.2) is 52.1 Å². The van der Waals surface area contributed by atoms with Crippen LogP contribution in [0.4, 0.5) is 0 Å². The van der Waals surface area contributed by atoms with Crippen molar-refractivity contribution in [3.63, 3.8) is 0 Å². The first-order chi connectivity index (χ1) is 15.8. The minimum Gasteiger partial charge on any atom is -0.504 e. The summed E-state index contributed by atoms with van der Waals surface area (Å²) >= 11 is 0. The highest BCUT2D eigenvalue weighted by Crippen LogP contribution is 2.44. The second kappa shape index (κ2) is 7.67. The third kappa shape index (κ3) is 3.01.